The van der Waals surface area contributed by atoms with Gasteiger partial charge in [-0.1, -0.05) is 201 Å². The molecule has 0 aromatic heterocycles. The van der Waals surface area contributed by atoms with Crippen LogP contribution in [0.15, 0.2) is 43.0 Å². The first-order valence-electron chi connectivity index (χ1n) is 22.7. The number of ether oxygens (including phenoxy) is 7. The fourth-order valence-electron chi connectivity index (χ4n) is 7.11. The Bertz CT molecular complexity index is 1230. The summed E-state index contributed by atoms with van der Waals surface area (Å²) in [5, 5.41) is 14.3. The monoisotopic (exact) mass is 907 g/mol. The second-order valence-electron chi connectivity index (χ2n) is 15.8. The molecule has 1 aliphatic rings. The predicted octanol–water partition coefficient (Wildman–Crippen LogP) is 12.1. The number of hydrogen-bond donors (Lipinski definition) is 2. The van der Waals surface area contributed by atoms with Crippen molar-refractivity contribution in [1.82, 2.24) is 5.32 Å². The maximum atomic E-state index is 13.0. The van der Waals surface area contributed by atoms with E-state index in [-0.39, 0.29) is 32.5 Å². The van der Waals surface area contributed by atoms with E-state index < -0.39 is 53.3 Å². The lowest BCUT2D eigenvalue weighted by atomic mass is 9.96. The van der Waals surface area contributed by atoms with Gasteiger partial charge in [-0.15, -0.1) is 6.58 Å². The zero-order chi connectivity index (χ0) is 43.7. The van der Waals surface area contributed by atoms with Crippen molar-refractivity contribution in [2.45, 2.75) is 196 Å². The number of aliphatic hydroxyl groups is 1. The standard InChI is InChI=1S/C46H76Cl3NO10/c1-4-7-9-11-13-15-17-19-21-26-32-54-38(29-25-20-18-16-14-12-10-8-5-2)30-33-55-42-40(50-44(52)59-36-46(47,48)49)43(56-31-6-3)60-39(41(42)51)35-58-45(53)57-34-37-27-23-22-24-28-37/h6,22-24,27-28,38-43,51H,3-5,7-21,25-26,29-36H2,1-2H3,(H,50,52)/t38-,39-,40-,41-,42-,43+/m1/s1. The van der Waals surface area contributed by atoms with Gasteiger partial charge in [-0.2, -0.15) is 0 Å². The number of benzene rings is 1. The van der Waals surface area contributed by atoms with E-state index in [2.05, 4.69) is 25.7 Å². The molecular weight excluding hydrogens is 833 g/mol. The van der Waals surface area contributed by atoms with E-state index in [1.54, 1.807) is 0 Å². The van der Waals surface area contributed by atoms with Gasteiger partial charge in [-0.25, -0.2) is 9.59 Å². The van der Waals surface area contributed by atoms with Crippen molar-refractivity contribution in [1.29, 1.82) is 0 Å². The molecule has 0 bridgehead atoms. The van der Waals surface area contributed by atoms with E-state index in [9.17, 15) is 14.7 Å². The van der Waals surface area contributed by atoms with Crippen LogP contribution in [0.2, 0.25) is 0 Å². The van der Waals surface area contributed by atoms with Gasteiger partial charge in [0.15, 0.2) is 6.29 Å². The van der Waals surface area contributed by atoms with Gasteiger partial charge in [-0.05, 0) is 24.8 Å². The van der Waals surface area contributed by atoms with E-state index in [4.69, 9.17) is 68.0 Å². The van der Waals surface area contributed by atoms with Crippen LogP contribution < -0.4 is 5.32 Å². The number of amides is 1. The quantitative estimate of drug-likeness (QED) is 0.0294. The third-order valence-electron chi connectivity index (χ3n) is 10.5. The van der Waals surface area contributed by atoms with Crippen LogP contribution in [0.4, 0.5) is 9.59 Å². The average molecular weight is 909 g/mol. The summed E-state index contributed by atoms with van der Waals surface area (Å²) in [7, 11) is 0. The summed E-state index contributed by atoms with van der Waals surface area (Å²) in [4.78, 5) is 25.5. The highest BCUT2D eigenvalue weighted by molar-refractivity contribution is 6.67. The summed E-state index contributed by atoms with van der Waals surface area (Å²) in [6.45, 7) is 8.22. The van der Waals surface area contributed by atoms with E-state index >= 15 is 0 Å². The average Bonchev–Trinajstić information content (AvgIpc) is 3.23. The minimum Gasteiger partial charge on any atom is -0.445 e. The number of carbonyl (C=O) groups excluding carboxylic acids is 2. The molecule has 60 heavy (non-hydrogen) atoms. The fourth-order valence-corrected chi connectivity index (χ4v) is 7.28. The van der Waals surface area contributed by atoms with Crippen LogP contribution in [-0.4, -0.2) is 90.9 Å². The van der Waals surface area contributed by atoms with Crippen LogP contribution in [0, 0.1) is 0 Å². The zero-order valence-corrected chi connectivity index (χ0v) is 38.8. The van der Waals surface area contributed by atoms with Crippen LogP contribution in [0.25, 0.3) is 0 Å². The van der Waals surface area contributed by atoms with Gasteiger partial charge in [0.2, 0.25) is 3.79 Å². The molecule has 6 atom stereocenters. The van der Waals surface area contributed by atoms with Crippen LogP contribution in [0.5, 0.6) is 0 Å². The number of alkyl halides is 3. The molecule has 1 aromatic carbocycles. The highest BCUT2D eigenvalue weighted by Gasteiger charge is 2.48. The molecule has 346 valence electrons. The van der Waals surface area contributed by atoms with Crippen molar-refractivity contribution in [3.63, 3.8) is 0 Å². The first-order chi connectivity index (χ1) is 29.1. The van der Waals surface area contributed by atoms with E-state index in [0.29, 0.717) is 13.0 Å². The first kappa shape index (κ1) is 54.3. The molecule has 1 aromatic rings. The largest absolute Gasteiger partial charge is 0.508 e. The topological polar surface area (TPSA) is 131 Å². The molecule has 14 heteroatoms. The molecule has 1 heterocycles. The molecule has 1 fully saturated rings. The Morgan fingerprint density at radius 2 is 1.37 bits per heavy atom. The van der Waals surface area contributed by atoms with Gasteiger partial charge in [-0.3, -0.25) is 0 Å². The molecule has 1 aliphatic heterocycles. The molecule has 0 aliphatic carbocycles. The normalized spacial score (nSPS) is 19.7. The van der Waals surface area contributed by atoms with Gasteiger partial charge in [0.05, 0.1) is 12.7 Å². The van der Waals surface area contributed by atoms with Crippen LogP contribution >= 0.6 is 34.8 Å². The summed E-state index contributed by atoms with van der Waals surface area (Å²) >= 11 is 17.5. The Morgan fingerprint density at radius 3 is 1.95 bits per heavy atom. The van der Waals surface area contributed by atoms with E-state index in [1.165, 1.54) is 102 Å². The fraction of sp³-hybridized carbons (Fsp3) is 0.783. The van der Waals surface area contributed by atoms with Crippen molar-refractivity contribution in [3.05, 3.63) is 48.6 Å². The van der Waals surface area contributed by atoms with Crippen molar-refractivity contribution >= 4 is 47.1 Å². The number of rotatable bonds is 35. The smallest absolute Gasteiger partial charge is 0.445 e. The summed E-state index contributed by atoms with van der Waals surface area (Å²) in [5.74, 6) is 0. The Morgan fingerprint density at radius 1 is 0.783 bits per heavy atom. The van der Waals surface area contributed by atoms with Gasteiger partial charge in [0.1, 0.15) is 44.2 Å². The second-order valence-corrected chi connectivity index (χ2v) is 18.3. The maximum Gasteiger partial charge on any atom is 0.508 e. The van der Waals surface area contributed by atoms with Crippen LogP contribution in [-0.2, 0) is 39.8 Å². The number of carbonyl (C=O) groups is 2. The number of nitrogens with one attached hydrogen (secondary N) is 1. The molecule has 1 saturated heterocycles. The maximum absolute atomic E-state index is 13.0. The number of hydrogen-bond acceptors (Lipinski definition) is 10. The molecule has 0 unspecified atom stereocenters. The van der Waals surface area contributed by atoms with Crippen LogP contribution in [0.1, 0.15) is 154 Å². The summed E-state index contributed by atoms with van der Waals surface area (Å²) in [6, 6.07) is 8.09. The van der Waals surface area contributed by atoms with Gasteiger partial charge < -0.3 is 43.6 Å². The minimum absolute atomic E-state index is 0.00827. The lowest BCUT2D eigenvalue weighted by Crippen LogP contribution is -2.65. The molecule has 0 saturated carbocycles. The van der Waals surface area contributed by atoms with Crippen molar-refractivity contribution in [3.8, 4) is 0 Å². The van der Waals surface area contributed by atoms with Gasteiger partial charge in [0.25, 0.3) is 0 Å². The molecule has 11 nitrogen and oxygen atoms in total. The Hall–Kier alpha value is -1.83. The lowest BCUT2D eigenvalue weighted by molar-refractivity contribution is -0.274. The Kier molecular flexibility index (Phi) is 31.3. The Balaban J connectivity index is 2.08. The summed E-state index contributed by atoms with van der Waals surface area (Å²) in [5.41, 5.74) is 0.786. The van der Waals surface area contributed by atoms with Gasteiger partial charge >= 0.3 is 12.2 Å². The molecule has 1 amide bonds. The van der Waals surface area contributed by atoms with Gasteiger partial charge in [0, 0.05) is 13.2 Å². The molecular formula is C46H76Cl3NO10. The van der Waals surface area contributed by atoms with Crippen molar-refractivity contribution < 1.29 is 47.9 Å². The predicted molar refractivity (Wildman–Crippen MR) is 240 cm³/mol. The number of alkyl carbamates (subject to hydrolysis) is 1. The number of aliphatic hydroxyl groups excluding tert-OH is 1. The SMILES string of the molecule is C=CCO[C@H]1O[C@H](COC(=O)OCc2ccccc2)[C@@H](O)[C@H](OCC[C@@H](CCCCCCCCCCC)OCCCCCCCCCCCC)[C@H]1NC(=O)OCC(Cl)(Cl)Cl. The third-order valence-corrected chi connectivity index (χ3v) is 10.8. The highest BCUT2D eigenvalue weighted by atomic mass is 35.6. The van der Waals surface area contributed by atoms with E-state index in [0.717, 1.165) is 37.7 Å². The second kappa shape index (κ2) is 34.6. The Labute approximate surface area is 376 Å². The molecule has 2 rings (SSSR count). The molecule has 0 spiro atoms. The lowest BCUT2D eigenvalue weighted by Gasteiger charge is -2.44. The highest BCUT2D eigenvalue weighted by Crippen LogP contribution is 2.28. The third kappa shape index (κ3) is 26.6. The molecule has 2 N–H and O–H groups in total. The minimum atomic E-state index is -1.84. The summed E-state index contributed by atoms with van der Waals surface area (Å²) < 4.78 is 38.7. The van der Waals surface area contributed by atoms with Crippen LogP contribution in [0.3, 0.4) is 0 Å². The van der Waals surface area contributed by atoms with Crippen molar-refractivity contribution in [2.24, 2.45) is 0 Å². The number of unbranched alkanes of at least 4 members (excludes halogenated alkanes) is 17. The summed E-state index contributed by atoms with van der Waals surface area (Å²) in [6.07, 6.45) is 20.0. The van der Waals surface area contributed by atoms with Crippen molar-refractivity contribution in [2.75, 3.05) is 33.0 Å². The van der Waals surface area contributed by atoms with E-state index in [1.807, 2.05) is 30.3 Å². The molecule has 0 radical (unpaired) electrons. The number of halogens is 3. The first-order valence-corrected chi connectivity index (χ1v) is 23.8. The zero-order valence-electron chi connectivity index (χ0n) is 36.5.